The molecule has 0 spiro atoms. The molecule has 1 aromatic carbocycles. The summed E-state index contributed by atoms with van der Waals surface area (Å²) in [5, 5.41) is 17.8. The molecule has 1 N–H and O–H groups in total. The van der Waals surface area contributed by atoms with Gasteiger partial charge in [-0.2, -0.15) is 5.26 Å². The van der Waals surface area contributed by atoms with Gasteiger partial charge in [-0.25, -0.2) is 0 Å². The highest BCUT2D eigenvalue weighted by atomic mass is 32.2. The van der Waals surface area contributed by atoms with Crippen molar-refractivity contribution in [1.82, 2.24) is 0 Å². The van der Waals surface area contributed by atoms with Crippen LogP contribution in [0.3, 0.4) is 0 Å². The van der Waals surface area contributed by atoms with E-state index in [4.69, 9.17) is 10.4 Å². The van der Waals surface area contributed by atoms with Crippen molar-refractivity contribution in [2.75, 3.05) is 12.4 Å². The summed E-state index contributed by atoms with van der Waals surface area (Å²) in [6, 6.07) is 7.99. The van der Waals surface area contributed by atoms with Gasteiger partial charge in [-0.15, -0.1) is 11.8 Å². The van der Waals surface area contributed by atoms with E-state index in [2.05, 4.69) is 6.07 Å². The second kappa shape index (κ2) is 5.79. The van der Waals surface area contributed by atoms with Crippen molar-refractivity contribution in [1.29, 1.82) is 5.26 Å². The third kappa shape index (κ3) is 3.58. The highest BCUT2D eigenvalue weighted by Gasteiger charge is 2.06. The van der Waals surface area contributed by atoms with Gasteiger partial charge < -0.3 is 5.11 Å². The summed E-state index contributed by atoms with van der Waals surface area (Å²) in [6.07, 6.45) is 0. The fraction of sp³-hybridized carbons (Fsp3) is 0.417. The number of aryl methyl sites for hydroxylation is 1. The standard InChI is InChI=1S/C12H15NOS/c1-9-3-4-11(6-13)12(5-9)15-8-10(2)7-14/h3-5,10,14H,7-8H2,1-2H3. The zero-order valence-electron chi connectivity index (χ0n) is 9.03. The van der Waals surface area contributed by atoms with E-state index < -0.39 is 0 Å². The van der Waals surface area contributed by atoms with Gasteiger partial charge in [-0.3, -0.25) is 0 Å². The molecule has 0 bridgehead atoms. The molecule has 0 amide bonds. The smallest absolute Gasteiger partial charge is 0.100 e. The molecule has 0 saturated heterocycles. The van der Waals surface area contributed by atoms with E-state index in [9.17, 15) is 0 Å². The Morgan fingerprint density at radius 2 is 2.27 bits per heavy atom. The summed E-state index contributed by atoms with van der Waals surface area (Å²) in [4.78, 5) is 1.01. The van der Waals surface area contributed by atoms with Gasteiger partial charge in [0.2, 0.25) is 0 Å². The lowest BCUT2D eigenvalue weighted by atomic mass is 10.2. The average Bonchev–Trinajstić information content (AvgIpc) is 2.26. The Kier molecular flexibility index (Phi) is 4.67. The first-order valence-electron chi connectivity index (χ1n) is 4.91. The molecule has 0 radical (unpaired) electrons. The molecule has 80 valence electrons. The number of aliphatic hydroxyl groups excluding tert-OH is 1. The molecule has 0 aromatic heterocycles. The predicted octanol–water partition coefficient (Wildman–Crippen LogP) is 2.59. The number of thioether (sulfide) groups is 1. The predicted molar refractivity (Wildman–Crippen MR) is 62.9 cm³/mol. The number of aliphatic hydroxyl groups is 1. The van der Waals surface area contributed by atoms with Crippen LogP contribution in [0.1, 0.15) is 18.1 Å². The van der Waals surface area contributed by atoms with Crippen molar-refractivity contribution in [2.24, 2.45) is 5.92 Å². The van der Waals surface area contributed by atoms with E-state index in [1.807, 2.05) is 32.0 Å². The number of nitriles is 1. The van der Waals surface area contributed by atoms with Crippen LogP contribution in [0.2, 0.25) is 0 Å². The molecular weight excluding hydrogens is 206 g/mol. The first-order chi connectivity index (χ1) is 7.17. The van der Waals surface area contributed by atoms with Crippen LogP contribution in [0.5, 0.6) is 0 Å². The highest BCUT2D eigenvalue weighted by molar-refractivity contribution is 7.99. The highest BCUT2D eigenvalue weighted by Crippen LogP contribution is 2.25. The lowest BCUT2D eigenvalue weighted by Crippen LogP contribution is -2.03. The number of nitrogens with zero attached hydrogens (tertiary/aromatic N) is 1. The van der Waals surface area contributed by atoms with Gasteiger partial charge in [0.15, 0.2) is 0 Å². The first-order valence-corrected chi connectivity index (χ1v) is 5.90. The topological polar surface area (TPSA) is 44.0 Å². The Bertz CT molecular complexity index is 370. The summed E-state index contributed by atoms with van der Waals surface area (Å²) < 4.78 is 0. The van der Waals surface area contributed by atoms with E-state index in [0.717, 1.165) is 21.8 Å². The zero-order chi connectivity index (χ0) is 11.3. The molecule has 3 heteroatoms. The molecule has 0 aliphatic heterocycles. The summed E-state index contributed by atoms with van der Waals surface area (Å²) in [5.74, 6) is 1.11. The fourth-order valence-electron chi connectivity index (χ4n) is 1.13. The lowest BCUT2D eigenvalue weighted by molar-refractivity contribution is 0.250. The van der Waals surface area contributed by atoms with E-state index in [1.54, 1.807) is 11.8 Å². The van der Waals surface area contributed by atoms with Crippen LogP contribution in [0.15, 0.2) is 23.1 Å². The van der Waals surface area contributed by atoms with Gasteiger partial charge in [0.05, 0.1) is 5.56 Å². The minimum Gasteiger partial charge on any atom is -0.396 e. The number of hydrogen-bond donors (Lipinski definition) is 1. The summed E-state index contributed by atoms with van der Waals surface area (Å²) >= 11 is 1.64. The molecule has 1 unspecified atom stereocenters. The van der Waals surface area contributed by atoms with Crippen molar-refractivity contribution in [3.8, 4) is 6.07 Å². The maximum Gasteiger partial charge on any atom is 0.100 e. The maximum absolute atomic E-state index is 8.92. The minimum absolute atomic E-state index is 0.195. The van der Waals surface area contributed by atoms with E-state index in [0.29, 0.717) is 0 Å². The molecule has 0 aliphatic carbocycles. The summed E-state index contributed by atoms with van der Waals surface area (Å²) in [6.45, 7) is 4.20. The number of rotatable bonds is 4. The van der Waals surface area contributed by atoms with Crippen molar-refractivity contribution in [2.45, 2.75) is 18.7 Å². The monoisotopic (exact) mass is 221 g/mol. The van der Waals surface area contributed by atoms with Crippen LogP contribution in [0.25, 0.3) is 0 Å². The van der Waals surface area contributed by atoms with Crippen molar-refractivity contribution < 1.29 is 5.11 Å². The molecule has 0 fully saturated rings. The number of benzene rings is 1. The Morgan fingerprint density at radius 3 is 2.87 bits per heavy atom. The van der Waals surface area contributed by atoms with Crippen LogP contribution < -0.4 is 0 Å². The van der Waals surface area contributed by atoms with Crippen molar-refractivity contribution in [3.63, 3.8) is 0 Å². The van der Waals surface area contributed by atoms with Crippen molar-refractivity contribution >= 4 is 11.8 Å². The maximum atomic E-state index is 8.92. The molecule has 2 nitrogen and oxygen atoms in total. The van der Waals surface area contributed by atoms with Gasteiger partial charge in [0, 0.05) is 17.3 Å². The van der Waals surface area contributed by atoms with Gasteiger partial charge in [-0.05, 0) is 30.5 Å². The Balaban J connectivity index is 2.75. The van der Waals surface area contributed by atoms with Crippen LogP contribution in [-0.2, 0) is 0 Å². The van der Waals surface area contributed by atoms with Crippen LogP contribution in [-0.4, -0.2) is 17.5 Å². The third-order valence-electron chi connectivity index (χ3n) is 2.09. The SMILES string of the molecule is Cc1ccc(C#N)c(SCC(C)CO)c1. The Hall–Kier alpha value is -0.980. The Labute approximate surface area is 94.9 Å². The second-order valence-corrected chi connectivity index (χ2v) is 4.77. The van der Waals surface area contributed by atoms with Crippen LogP contribution in [0, 0.1) is 24.2 Å². The zero-order valence-corrected chi connectivity index (χ0v) is 9.84. The average molecular weight is 221 g/mol. The number of hydrogen-bond acceptors (Lipinski definition) is 3. The van der Waals surface area contributed by atoms with E-state index in [-0.39, 0.29) is 12.5 Å². The molecule has 15 heavy (non-hydrogen) atoms. The molecule has 0 aliphatic rings. The summed E-state index contributed by atoms with van der Waals surface area (Å²) in [7, 11) is 0. The van der Waals surface area contributed by atoms with E-state index >= 15 is 0 Å². The molecular formula is C12H15NOS. The van der Waals surface area contributed by atoms with Crippen LogP contribution in [0.4, 0.5) is 0 Å². The summed E-state index contributed by atoms with van der Waals surface area (Å²) in [5.41, 5.74) is 1.88. The molecule has 1 aromatic rings. The largest absolute Gasteiger partial charge is 0.396 e. The first kappa shape index (κ1) is 12.1. The molecule has 1 rings (SSSR count). The minimum atomic E-state index is 0.195. The van der Waals surface area contributed by atoms with Crippen LogP contribution >= 0.6 is 11.8 Å². The molecule has 1 atom stereocenters. The normalized spacial score (nSPS) is 12.1. The molecule has 0 heterocycles. The van der Waals surface area contributed by atoms with Gasteiger partial charge in [0.25, 0.3) is 0 Å². The Morgan fingerprint density at radius 1 is 1.53 bits per heavy atom. The van der Waals surface area contributed by atoms with Gasteiger partial charge in [0.1, 0.15) is 6.07 Å². The van der Waals surface area contributed by atoms with Gasteiger partial charge in [-0.1, -0.05) is 13.0 Å². The van der Waals surface area contributed by atoms with Crippen molar-refractivity contribution in [3.05, 3.63) is 29.3 Å². The van der Waals surface area contributed by atoms with E-state index in [1.165, 1.54) is 0 Å². The molecule has 0 saturated carbocycles. The third-order valence-corrected chi connectivity index (χ3v) is 3.48. The second-order valence-electron chi connectivity index (χ2n) is 3.71. The quantitative estimate of drug-likeness (QED) is 0.795. The van der Waals surface area contributed by atoms with Gasteiger partial charge >= 0.3 is 0 Å². The lowest BCUT2D eigenvalue weighted by Gasteiger charge is -2.08. The fourth-order valence-corrected chi connectivity index (χ4v) is 2.23.